The SMILES string of the molecule is COC(=O)c1cccc(NC(=S)NC2(c3cccc(C(F)(F)F)c3)CCCC2)c1C. The molecule has 8 heteroatoms. The summed E-state index contributed by atoms with van der Waals surface area (Å²) < 4.78 is 44.4. The fraction of sp³-hybridized carbons (Fsp3) is 0.364. The van der Waals surface area contributed by atoms with Crippen LogP contribution in [0.5, 0.6) is 0 Å². The van der Waals surface area contributed by atoms with Gasteiger partial charge in [-0.05, 0) is 67.4 Å². The first-order chi connectivity index (χ1) is 14.2. The molecule has 1 aliphatic carbocycles. The van der Waals surface area contributed by atoms with Crippen LogP contribution in [0.1, 0.15) is 52.7 Å². The standard InChI is InChI=1S/C22H23F3N2O2S/c1-14-17(19(28)29-2)9-6-10-18(14)26-20(30)27-21(11-3-4-12-21)15-7-5-8-16(13-15)22(23,24)25/h5-10,13H,3-4,11-12H2,1-2H3,(H2,26,27,30). The molecule has 1 saturated carbocycles. The number of nitrogens with one attached hydrogen (secondary N) is 2. The Hall–Kier alpha value is -2.61. The van der Waals surface area contributed by atoms with Crippen molar-refractivity contribution in [1.82, 2.24) is 5.32 Å². The second kappa shape index (κ2) is 8.63. The Kier molecular flexibility index (Phi) is 6.36. The first-order valence-corrected chi connectivity index (χ1v) is 10.0. The highest BCUT2D eigenvalue weighted by Crippen LogP contribution is 2.41. The van der Waals surface area contributed by atoms with E-state index in [2.05, 4.69) is 10.6 Å². The molecule has 160 valence electrons. The Labute approximate surface area is 178 Å². The highest BCUT2D eigenvalue weighted by molar-refractivity contribution is 7.80. The first-order valence-electron chi connectivity index (χ1n) is 9.61. The van der Waals surface area contributed by atoms with Gasteiger partial charge in [0.2, 0.25) is 0 Å². The average Bonchev–Trinajstić information content (AvgIpc) is 3.18. The number of rotatable bonds is 4. The lowest BCUT2D eigenvalue weighted by Crippen LogP contribution is -2.46. The zero-order valence-electron chi connectivity index (χ0n) is 16.7. The number of benzene rings is 2. The molecule has 0 saturated heterocycles. The summed E-state index contributed by atoms with van der Waals surface area (Å²) in [6.45, 7) is 1.77. The smallest absolute Gasteiger partial charge is 0.416 e. The molecule has 0 aromatic heterocycles. The van der Waals surface area contributed by atoms with Gasteiger partial charge in [-0.3, -0.25) is 0 Å². The van der Waals surface area contributed by atoms with Gasteiger partial charge in [0, 0.05) is 5.69 Å². The number of carbonyl (C=O) groups excluding carboxylic acids is 1. The highest BCUT2D eigenvalue weighted by atomic mass is 32.1. The molecule has 4 nitrogen and oxygen atoms in total. The highest BCUT2D eigenvalue weighted by Gasteiger charge is 2.38. The average molecular weight is 436 g/mol. The molecule has 2 aromatic rings. The summed E-state index contributed by atoms with van der Waals surface area (Å²) in [5, 5.41) is 6.64. The van der Waals surface area contributed by atoms with Crippen LogP contribution in [0.25, 0.3) is 0 Å². The van der Waals surface area contributed by atoms with E-state index < -0.39 is 23.2 Å². The van der Waals surface area contributed by atoms with E-state index in [-0.39, 0.29) is 0 Å². The van der Waals surface area contributed by atoms with Crippen LogP contribution in [0.4, 0.5) is 18.9 Å². The summed E-state index contributed by atoms with van der Waals surface area (Å²) in [6.07, 6.45) is -1.26. The van der Waals surface area contributed by atoms with Gasteiger partial charge in [0.05, 0.1) is 23.8 Å². The van der Waals surface area contributed by atoms with Crippen LogP contribution in [0, 0.1) is 6.92 Å². The maximum atomic E-state index is 13.2. The quantitative estimate of drug-likeness (QED) is 0.486. The molecule has 0 spiro atoms. The number of alkyl halides is 3. The summed E-state index contributed by atoms with van der Waals surface area (Å²) in [5.41, 5.74) is 0.950. The fourth-order valence-electron chi connectivity index (χ4n) is 3.93. The molecular formula is C22H23F3N2O2S. The van der Waals surface area contributed by atoms with E-state index in [0.717, 1.165) is 18.9 Å². The molecule has 1 aliphatic rings. The number of thiocarbonyl (C=S) groups is 1. The third-order valence-electron chi connectivity index (χ3n) is 5.54. The number of hydrogen-bond acceptors (Lipinski definition) is 3. The van der Waals surface area contributed by atoms with E-state index in [9.17, 15) is 18.0 Å². The first kappa shape index (κ1) is 22.1. The number of carbonyl (C=O) groups is 1. The lowest BCUT2D eigenvalue weighted by molar-refractivity contribution is -0.137. The molecule has 3 rings (SSSR count). The number of anilines is 1. The normalized spacial score (nSPS) is 15.5. The fourth-order valence-corrected chi connectivity index (χ4v) is 4.24. The summed E-state index contributed by atoms with van der Waals surface area (Å²) in [5.74, 6) is -0.453. The molecule has 0 unspecified atom stereocenters. The second-order valence-electron chi connectivity index (χ2n) is 7.42. The minimum absolute atomic E-state index is 0.291. The van der Waals surface area contributed by atoms with Gasteiger partial charge in [0.15, 0.2) is 5.11 Å². The van der Waals surface area contributed by atoms with Gasteiger partial charge in [-0.1, -0.05) is 31.0 Å². The van der Waals surface area contributed by atoms with E-state index in [1.165, 1.54) is 19.2 Å². The van der Waals surface area contributed by atoms with Gasteiger partial charge in [-0.25, -0.2) is 4.79 Å². The van der Waals surface area contributed by atoms with Crippen LogP contribution in [-0.4, -0.2) is 18.2 Å². The monoisotopic (exact) mass is 436 g/mol. The topological polar surface area (TPSA) is 50.4 Å². The predicted octanol–water partition coefficient (Wildman–Crippen LogP) is 5.56. The molecule has 0 amide bonds. The van der Waals surface area contributed by atoms with Gasteiger partial charge in [-0.15, -0.1) is 0 Å². The summed E-state index contributed by atoms with van der Waals surface area (Å²) >= 11 is 5.49. The third-order valence-corrected chi connectivity index (χ3v) is 5.74. The van der Waals surface area contributed by atoms with Crippen LogP contribution in [0.15, 0.2) is 42.5 Å². The largest absolute Gasteiger partial charge is 0.465 e. The zero-order valence-corrected chi connectivity index (χ0v) is 17.5. The zero-order chi connectivity index (χ0) is 21.9. The van der Waals surface area contributed by atoms with E-state index in [0.29, 0.717) is 40.3 Å². The minimum Gasteiger partial charge on any atom is -0.465 e. The number of methoxy groups -OCH3 is 1. The van der Waals surface area contributed by atoms with Crippen molar-refractivity contribution in [3.63, 3.8) is 0 Å². The molecule has 2 N–H and O–H groups in total. The van der Waals surface area contributed by atoms with Crippen LogP contribution in [0.3, 0.4) is 0 Å². The summed E-state index contributed by atoms with van der Waals surface area (Å²) in [4.78, 5) is 11.9. The second-order valence-corrected chi connectivity index (χ2v) is 7.82. The lowest BCUT2D eigenvalue weighted by Gasteiger charge is -2.33. The molecule has 0 heterocycles. The molecule has 0 bridgehead atoms. The molecule has 0 atom stereocenters. The maximum Gasteiger partial charge on any atom is 0.416 e. The third kappa shape index (κ3) is 4.59. The Bertz CT molecular complexity index is 954. The molecule has 0 radical (unpaired) electrons. The number of ether oxygens (including phenoxy) is 1. The molecule has 1 fully saturated rings. The van der Waals surface area contributed by atoms with Gasteiger partial charge >= 0.3 is 12.1 Å². The van der Waals surface area contributed by atoms with E-state index in [1.807, 2.05) is 0 Å². The van der Waals surface area contributed by atoms with Crippen molar-refractivity contribution in [1.29, 1.82) is 0 Å². The lowest BCUT2D eigenvalue weighted by atomic mass is 9.87. The van der Waals surface area contributed by atoms with Crippen molar-refractivity contribution in [3.05, 3.63) is 64.7 Å². The number of hydrogen-bond donors (Lipinski definition) is 2. The van der Waals surface area contributed by atoms with E-state index in [1.54, 1.807) is 31.2 Å². The van der Waals surface area contributed by atoms with Gasteiger partial charge in [0.1, 0.15) is 0 Å². The molecule has 0 aliphatic heterocycles. The predicted molar refractivity (Wildman–Crippen MR) is 113 cm³/mol. The van der Waals surface area contributed by atoms with Crippen molar-refractivity contribution in [2.75, 3.05) is 12.4 Å². The van der Waals surface area contributed by atoms with Crippen LogP contribution in [-0.2, 0) is 16.5 Å². The Morgan fingerprint density at radius 1 is 1.13 bits per heavy atom. The van der Waals surface area contributed by atoms with Crippen molar-refractivity contribution >= 4 is 29.0 Å². The number of esters is 1. The van der Waals surface area contributed by atoms with Crippen LogP contribution < -0.4 is 10.6 Å². The number of halogens is 3. The van der Waals surface area contributed by atoms with Gasteiger partial charge < -0.3 is 15.4 Å². The van der Waals surface area contributed by atoms with Crippen LogP contribution in [0.2, 0.25) is 0 Å². The summed E-state index contributed by atoms with van der Waals surface area (Å²) in [6, 6.07) is 10.6. The van der Waals surface area contributed by atoms with Crippen LogP contribution >= 0.6 is 12.2 Å². The van der Waals surface area contributed by atoms with Crippen molar-refractivity contribution in [3.8, 4) is 0 Å². The van der Waals surface area contributed by atoms with Crippen molar-refractivity contribution < 1.29 is 22.7 Å². The maximum absolute atomic E-state index is 13.2. The Balaban J connectivity index is 1.85. The Morgan fingerprint density at radius 3 is 2.43 bits per heavy atom. The Morgan fingerprint density at radius 2 is 1.80 bits per heavy atom. The van der Waals surface area contributed by atoms with Gasteiger partial charge in [0.25, 0.3) is 0 Å². The van der Waals surface area contributed by atoms with Gasteiger partial charge in [-0.2, -0.15) is 13.2 Å². The molecule has 2 aromatic carbocycles. The van der Waals surface area contributed by atoms with Crippen molar-refractivity contribution in [2.45, 2.75) is 44.3 Å². The van der Waals surface area contributed by atoms with E-state index in [4.69, 9.17) is 17.0 Å². The molecular weight excluding hydrogens is 413 g/mol. The minimum atomic E-state index is -4.40. The van der Waals surface area contributed by atoms with E-state index >= 15 is 0 Å². The van der Waals surface area contributed by atoms with Crippen molar-refractivity contribution in [2.24, 2.45) is 0 Å². The molecule has 30 heavy (non-hydrogen) atoms. The summed E-state index contributed by atoms with van der Waals surface area (Å²) in [7, 11) is 1.31.